The molecule has 0 aromatic carbocycles. The Bertz CT molecular complexity index is 165. The van der Waals surface area contributed by atoms with E-state index in [2.05, 4.69) is 11.2 Å². The molecule has 0 atom stereocenters. The van der Waals surface area contributed by atoms with Gasteiger partial charge >= 0.3 is 0 Å². The van der Waals surface area contributed by atoms with Crippen LogP contribution < -0.4 is 0 Å². The first-order chi connectivity index (χ1) is 3.97. The molecule has 1 radical (unpaired) electrons. The fourth-order valence-electron chi connectivity index (χ4n) is 0.721. The summed E-state index contributed by atoms with van der Waals surface area (Å²) in [4.78, 5) is 4.07. The Morgan fingerprint density at radius 1 is 1.75 bits per heavy atom. The van der Waals surface area contributed by atoms with Crippen molar-refractivity contribution in [2.45, 2.75) is 18.8 Å². The van der Waals surface area contributed by atoms with Crippen molar-refractivity contribution in [3.8, 4) is 0 Å². The Kier molecular flexibility index (Phi) is 0.875. The highest BCUT2D eigenvalue weighted by Gasteiger charge is 2.25. The second kappa shape index (κ2) is 1.55. The van der Waals surface area contributed by atoms with Gasteiger partial charge in [-0.15, -0.1) is 11.3 Å². The molecule has 41 valence electrons. The van der Waals surface area contributed by atoms with E-state index < -0.39 is 0 Å². The lowest BCUT2D eigenvalue weighted by atomic mass is 10.5. The van der Waals surface area contributed by atoms with E-state index in [1.54, 1.807) is 11.3 Å². The number of rotatable bonds is 1. The van der Waals surface area contributed by atoms with Crippen LogP contribution in [0.1, 0.15) is 23.8 Å². The standard InChI is InChI=1S/C6H6NS/c1-2-5(1)6-7-3-4-8-6/h4-5H,1-2H2. The molecule has 1 heterocycles. The maximum Gasteiger partial charge on any atom is 0.101 e. The fraction of sp³-hybridized carbons (Fsp3) is 0.500. The van der Waals surface area contributed by atoms with Crippen molar-refractivity contribution in [3.63, 3.8) is 0 Å². The van der Waals surface area contributed by atoms with Crippen LogP contribution in [0.25, 0.3) is 0 Å². The summed E-state index contributed by atoms with van der Waals surface area (Å²) in [6.45, 7) is 0. The minimum absolute atomic E-state index is 0.811. The molecule has 1 aromatic heterocycles. The molecule has 2 heteroatoms. The van der Waals surface area contributed by atoms with E-state index >= 15 is 0 Å². The third kappa shape index (κ3) is 0.650. The van der Waals surface area contributed by atoms with Gasteiger partial charge in [0.2, 0.25) is 0 Å². The molecule has 0 saturated heterocycles. The molecular formula is C6H6NS. The largest absolute Gasteiger partial charge is 0.239 e. The fourth-order valence-corrected chi connectivity index (χ4v) is 1.48. The zero-order valence-electron chi connectivity index (χ0n) is 4.42. The van der Waals surface area contributed by atoms with Gasteiger partial charge in [-0.3, -0.25) is 0 Å². The maximum atomic E-state index is 4.07. The van der Waals surface area contributed by atoms with E-state index in [1.165, 1.54) is 17.8 Å². The van der Waals surface area contributed by atoms with Gasteiger partial charge in [0, 0.05) is 11.3 Å². The van der Waals surface area contributed by atoms with Crippen LogP contribution in [0.4, 0.5) is 0 Å². The summed E-state index contributed by atoms with van der Waals surface area (Å²) < 4.78 is 0. The summed E-state index contributed by atoms with van der Waals surface area (Å²) in [7, 11) is 0. The minimum atomic E-state index is 0.811. The zero-order valence-corrected chi connectivity index (χ0v) is 5.24. The topological polar surface area (TPSA) is 12.9 Å². The molecule has 0 aliphatic heterocycles. The van der Waals surface area contributed by atoms with Gasteiger partial charge in [0.15, 0.2) is 0 Å². The molecule has 0 N–H and O–H groups in total. The highest BCUT2D eigenvalue weighted by molar-refractivity contribution is 7.09. The molecule has 1 aliphatic carbocycles. The lowest BCUT2D eigenvalue weighted by Gasteiger charge is -1.80. The molecule has 1 fully saturated rings. The molecule has 8 heavy (non-hydrogen) atoms. The molecule has 0 amide bonds. The molecule has 1 aliphatic rings. The first-order valence-electron chi connectivity index (χ1n) is 2.78. The highest BCUT2D eigenvalue weighted by atomic mass is 32.1. The molecule has 1 aromatic rings. The Labute approximate surface area is 52.4 Å². The van der Waals surface area contributed by atoms with Gasteiger partial charge in [0.1, 0.15) is 6.20 Å². The van der Waals surface area contributed by atoms with Gasteiger partial charge in [0.05, 0.1) is 5.01 Å². The van der Waals surface area contributed by atoms with Gasteiger partial charge in [-0.05, 0) is 12.8 Å². The molecule has 1 nitrogen and oxygen atoms in total. The van der Waals surface area contributed by atoms with E-state index in [0.29, 0.717) is 0 Å². The van der Waals surface area contributed by atoms with Gasteiger partial charge in [-0.1, -0.05) is 0 Å². The number of hydrogen-bond acceptors (Lipinski definition) is 2. The van der Waals surface area contributed by atoms with Crippen molar-refractivity contribution in [2.75, 3.05) is 0 Å². The minimum Gasteiger partial charge on any atom is -0.239 e. The van der Waals surface area contributed by atoms with Crippen molar-refractivity contribution in [1.82, 2.24) is 4.98 Å². The lowest BCUT2D eigenvalue weighted by Crippen LogP contribution is -1.70. The quantitative estimate of drug-likeness (QED) is 0.556. The Morgan fingerprint density at radius 2 is 2.62 bits per heavy atom. The summed E-state index contributed by atoms with van der Waals surface area (Å²) in [5.74, 6) is 0.811. The van der Waals surface area contributed by atoms with Crippen LogP contribution in [0, 0.1) is 6.20 Å². The Hall–Kier alpha value is -0.370. The number of aromatic nitrogens is 1. The number of nitrogens with zero attached hydrogens (tertiary/aromatic N) is 1. The zero-order chi connectivity index (χ0) is 5.40. The van der Waals surface area contributed by atoms with E-state index in [4.69, 9.17) is 0 Å². The molecule has 0 spiro atoms. The van der Waals surface area contributed by atoms with Crippen LogP contribution in [-0.2, 0) is 0 Å². The Morgan fingerprint density at radius 3 is 3.12 bits per heavy atom. The maximum absolute atomic E-state index is 4.07. The van der Waals surface area contributed by atoms with Gasteiger partial charge < -0.3 is 0 Å². The summed E-state index contributed by atoms with van der Waals surface area (Å²) in [5.41, 5.74) is 0. The third-order valence-electron chi connectivity index (χ3n) is 1.33. The van der Waals surface area contributed by atoms with Crippen LogP contribution in [0.5, 0.6) is 0 Å². The molecule has 1 saturated carbocycles. The predicted octanol–water partition coefficient (Wildman–Crippen LogP) is 1.82. The van der Waals surface area contributed by atoms with E-state index in [0.717, 1.165) is 5.92 Å². The molecular weight excluding hydrogens is 118 g/mol. The number of hydrogen-bond donors (Lipinski definition) is 0. The van der Waals surface area contributed by atoms with Crippen LogP contribution in [0.2, 0.25) is 0 Å². The van der Waals surface area contributed by atoms with Gasteiger partial charge in [-0.2, -0.15) is 0 Å². The number of thiazole rings is 1. The third-order valence-corrected chi connectivity index (χ3v) is 2.22. The summed E-state index contributed by atoms with van der Waals surface area (Å²) >= 11 is 1.73. The predicted molar refractivity (Wildman–Crippen MR) is 32.9 cm³/mol. The first-order valence-corrected chi connectivity index (χ1v) is 3.66. The summed E-state index contributed by atoms with van der Waals surface area (Å²) in [6, 6.07) is 0. The van der Waals surface area contributed by atoms with Crippen LogP contribution >= 0.6 is 11.3 Å². The average molecular weight is 124 g/mol. The molecule has 0 unspecified atom stereocenters. The van der Waals surface area contributed by atoms with Crippen molar-refractivity contribution < 1.29 is 0 Å². The Balaban J connectivity index is 2.28. The van der Waals surface area contributed by atoms with Crippen LogP contribution in [0.15, 0.2) is 5.38 Å². The summed E-state index contributed by atoms with van der Waals surface area (Å²) in [5, 5.41) is 3.21. The molecule has 2 rings (SSSR count). The van der Waals surface area contributed by atoms with Gasteiger partial charge in [-0.25, -0.2) is 4.98 Å². The van der Waals surface area contributed by atoms with Crippen molar-refractivity contribution in [1.29, 1.82) is 0 Å². The summed E-state index contributed by atoms with van der Waals surface area (Å²) in [6.07, 6.45) is 5.52. The molecule has 0 bridgehead atoms. The first kappa shape index (κ1) is 4.50. The van der Waals surface area contributed by atoms with Crippen LogP contribution in [-0.4, -0.2) is 4.98 Å². The SMILES string of the molecule is [c]1csc(C2CC2)n1. The highest BCUT2D eigenvalue weighted by Crippen LogP contribution is 2.40. The van der Waals surface area contributed by atoms with Crippen molar-refractivity contribution >= 4 is 11.3 Å². The van der Waals surface area contributed by atoms with E-state index in [9.17, 15) is 0 Å². The smallest absolute Gasteiger partial charge is 0.101 e. The second-order valence-electron chi connectivity index (χ2n) is 2.09. The second-order valence-corrected chi connectivity index (χ2v) is 2.98. The van der Waals surface area contributed by atoms with E-state index in [-0.39, 0.29) is 0 Å². The van der Waals surface area contributed by atoms with Crippen molar-refractivity contribution in [3.05, 3.63) is 16.6 Å². The van der Waals surface area contributed by atoms with Crippen LogP contribution in [0.3, 0.4) is 0 Å². The van der Waals surface area contributed by atoms with Gasteiger partial charge in [0.25, 0.3) is 0 Å². The normalized spacial score (nSPS) is 19.0. The monoisotopic (exact) mass is 124 g/mol. The average Bonchev–Trinajstić information content (AvgIpc) is 2.49. The van der Waals surface area contributed by atoms with E-state index in [1.807, 2.05) is 5.38 Å². The lowest BCUT2D eigenvalue weighted by molar-refractivity contribution is 1.08. The van der Waals surface area contributed by atoms with Crippen molar-refractivity contribution in [2.24, 2.45) is 0 Å².